The second kappa shape index (κ2) is 5.89. The number of alkyl halides is 1. The summed E-state index contributed by atoms with van der Waals surface area (Å²) in [6, 6.07) is 0.254. The molecule has 0 aromatic rings. The molecule has 1 N–H and O–H groups in total. The van der Waals surface area contributed by atoms with E-state index in [1.807, 2.05) is 0 Å². The average Bonchev–Trinajstić information content (AvgIpc) is 2.97. The molecule has 0 saturated heterocycles. The summed E-state index contributed by atoms with van der Waals surface area (Å²) in [6.45, 7) is 1.69. The summed E-state index contributed by atoms with van der Waals surface area (Å²) in [4.78, 5) is 25.0. The van der Waals surface area contributed by atoms with E-state index in [9.17, 15) is 9.59 Å². The molecule has 5 aliphatic rings. The fourth-order valence-corrected chi connectivity index (χ4v) is 6.81. The second-order valence-corrected chi connectivity index (χ2v) is 9.73. The van der Waals surface area contributed by atoms with Gasteiger partial charge in [-0.25, -0.2) is 0 Å². The Kier molecular flexibility index (Phi) is 4.10. The zero-order valence-corrected chi connectivity index (χ0v) is 15.2. The van der Waals surface area contributed by atoms with Crippen LogP contribution in [0.15, 0.2) is 0 Å². The van der Waals surface area contributed by atoms with E-state index in [0.717, 1.165) is 44.9 Å². The molecule has 2 unspecified atom stereocenters. The minimum absolute atomic E-state index is 0.152. The van der Waals surface area contributed by atoms with Gasteiger partial charge < -0.3 is 10.1 Å². The average molecular weight is 354 g/mol. The van der Waals surface area contributed by atoms with E-state index in [2.05, 4.69) is 5.32 Å². The lowest BCUT2D eigenvalue weighted by atomic mass is 9.49. The van der Waals surface area contributed by atoms with Crippen LogP contribution in [0.1, 0.15) is 71.1 Å². The number of ether oxygens (including phenoxy) is 1. The number of hydrogen-bond acceptors (Lipinski definition) is 3. The molecule has 0 spiro atoms. The zero-order valence-electron chi connectivity index (χ0n) is 14.5. The molecule has 0 heterocycles. The van der Waals surface area contributed by atoms with Gasteiger partial charge in [0, 0.05) is 10.9 Å². The number of carbonyl (C=O) groups excluding carboxylic acids is 2. The Labute approximate surface area is 149 Å². The number of halogens is 1. The molecule has 5 atom stereocenters. The first-order valence-electron chi connectivity index (χ1n) is 9.58. The van der Waals surface area contributed by atoms with Gasteiger partial charge in [-0.1, -0.05) is 12.8 Å². The van der Waals surface area contributed by atoms with Gasteiger partial charge in [-0.05, 0) is 70.1 Å². The van der Waals surface area contributed by atoms with Crippen LogP contribution in [-0.4, -0.2) is 28.9 Å². The van der Waals surface area contributed by atoms with E-state index < -0.39 is 11.5 Å². The molecule has 0 aliphatic heterocycles. The number of amides is 1. The Hall–Kier alpha value is -0.770. The summed E-state index contributed by atoms with van der Waals surface area (Å²) in [5.74, 6) is 0.772. The molecule has 4 nitrogen and oxygen atoms in total. The lowest BCUT2D eigenvalue weighted by Crippen LogP contribution is -2.57. The highest BCUT2D eigenvalue weighted by Gasteiger charge is 2.61. The minimum atomic E-state index is -0.711. The van der Waals surface area contributed by atoms with E-state index in [1.165, 1.54) is 19.3 Å². The van der Waals surface area contributed by atoms with Crippen molar-refractivity contribution in [3.05, 3.63) is 0 Å². The molecule has 0 radical (unpaired) electrons. The van der Waals surface area contributed by atoms with Crippen LogP contribution in [0.5, 0.6) is 0 Å². The summed E-state index contributed by atoms with van der Waals surface area (Å²) < 4.78 is 5.64. The first kappa shape index (κ1) is 16.7. The first-order valence-corrected chi connectivity index (χ1v) is 9.96. The largest absolute Gasteiger partial charge is 0.452 e. The highest BCUT2D eigenvalue weighted by Crippen LogP contribution is 2.64. The van der Waals surface area contributed by atoms with Gasteiger partial charge in [0.1, 0.15) is 0 Å². The van der Waals surface area contributed by atoms with Crippen LogP contribution < -0.4 is 5.32 Å². The molecule has 0 aromatic heterocycles. The van der Waals surface area contributed by atoms with Crippen molar-refractivity contribution in [3.8, 4) is 0 Å². The van der Waals surface area contributed by atoms with Crippen molar-refractivity contribution in [2.24, 2.45) is 17.3 Å². The molecular weight excluding hydrogens is 326 g/mol. The predicted octanol–water partition coefficient (Wildman–Crippen LogP) is 3.55. The Morgan fingerprint density at radius 1 is 1.12 bits per heavy atom. The number of rotatable bonds is 4. The van der Waals surface area contributed by atoms with Gasteiger partial charge in [0.2, 0.25) is 0 Å². The van der Waals surface area contributed by atoms with E-state index in [4.69, 9.17) is 16.3 Å². The van der Waals surface area contributed by atoms with Gasteiger partial charge in [0.05, 0.1) is 5.41 Å². The molecule has 1 amide bonds. The van der Waals surface area contributed by atoms with Crippen LogP contribution >= 0.6 is 11.6 Å². The molecule has 5 rings (SSSR count). The molecule has 0 aromatic carbocycles. The van der Waals surface area contributed by atoms with Gasteiger partial charge in [-0.2, -0.15) is 0 Å². The third-order valence-electron chi connectivity index (χ3n) is 6.78. The highest BCUT2D eigenvalue weighted by molar-refractivity contribution is 6.24. The van der Waals surface area contributed by atoms with Crippen LogP contribution in [0, 0.1) is 17.3 Å². The molecule has 134 valence electrons. The number of esters is 1. The zero-order chi connectivity index (χ0) is 16.9. The topological polar surface area (TPSA) is 55.4 Å². The molecular formula is C19H28ClNO3. The maximum atomic E-state index is 12.9. The summed E-state index contributed by atoms with van der Waals surface area (Å²) in [6.07, 6.45) is 9.51. The standard InChI is InChI=1S/C19H28ClNO3/c1-12(16(22)21-15-4-2-3-5-15)24-17(23)18-7-13-6-14(8-18)10-19(20,9-13)11-18/h12-15H,2-11H2,1H3,(H,21,22)/t12-,13-,14+,18?,19?/m0/s1. The third-order valence-corrected chi connectivity index (χ3v) is 7.22. The van der Waals surface area contributed by atoms with Gasteiger partial charge in [0.25, 0.3) is 5.91 Å². The summed E-state index contributed by atoms with van der Waals surface area (Å²) >= 11 is 6.79. The summed E-state index contributed by atoms with van der Waals surface area (Å²) in [5.41, 5.74) is -0.437. The van der Waals surface area contributed by atoms with E-state index >= 15 is 0 Å². The summed E-state index contributed by atoms with van der Waals surface area (Å²) in [5, 5.41) is 3.02. The molecule has 5 fully saturated rings. The molecule has 5 heteroatoms. The van der Waals surface area contributed by atoms with Crippen LogP contribution in [0.25, 0.3) is 0 Å². The number of carbonyl (C=O) groups is 2. The number of hydrogen-bond donors (Lipinski definition) is 1. The van der Waals surface area contributed by atoms with Gasteiger partial charge in [-0.15, -0.1) is 11.6 Å². The molecule has 5 aliphatic carbocycles. The molecule has 4 bridgehead atoms. The Morgan fingerprint density at radius 2 is 1.75 bits per heavy atom. The Morgan fingerprint density at radius 3 is 2.33 bits per heavy atom. The van der Waals surface area contributed by atoms with E-state index in [0.29, 0.717) is 11.8 Å². The van der Waals surface area contributed by atoms with Gasteiger partial charge in [0.15, 0.2) is 6.10 Å². The highest BCUT2D eigenvalue weighted by atomic mass is 35.5. The van der Waals surface area contributed by atoms with E-state index in [1.54, 1.807) is 6.92 Å². The van der Waals surface area contributed by atoms with Crippen molar-refractivity contribution in [2.75, 3.05) is 0 Å². The maximum Gasteiger partial charge on any atom is 0.312 e. The normalized spacial score (nSPS) is 42.1. The van der Waals surface area contributed by atoms with Crippen molar-refractivity contribution in [1.82, 2.24) is 5.32 Å². The van der Waals surface area contributed by atoms with Crippen LogP contribution in [-0.2, 0) is 14.3 Å². The van der Waals surface area contributed by atoms with E-state index in [-0.39, 0.29) is 22.8 Å². The van der Waals surface area contributed by atoms with Gasteiger partial charge in [-0.3, -0.25) is 9.59 Å². The van der Waals surface area contributed by atoms with Crippen LogP contribution in [0.4, 0.5) is 0 Å². The molecule has 5 saturated carbocycles. The quantitative estimate of drug-likeness (QED) is 0.621. The van der Waals surface area contributed by atoms with Crippen molar-refractivity contribution in [1.29, 1.82) is 0 Å². The van der Waals surface area contributed by atoms with Crippen molar-refractivity contribution in [2.45, 2.75) is 88.2 Å². The SMILES string of the molecule is C[C@H](OC(=O)C12C[C@@H]3C[C@@H](CC(Cl)(C3)C1)C2)C(=O)NC1CCCC1. The molecule has 24 heavy (non-hydrogen) atoms. The monoisotopic (exact) mass is 353 g/mol. The lowest BCUT2D eigenvalue weighted by Gasteiger charge is -2.58. The smallest absolute Gasteiger partial charge is 0.312 e. The first-order chi connectivity index (χ1) is 11.4. The van der Waals surface area contributed by atoms with Gasteiger partial charge >= 0.3 is 5.97 Å². The fourth-order valence-electron chi connectivity index (χ4n) is 6.12. The van der Waals surface area contributed by atoms with Crippen molar-refractivity contribution in [3.63, 3.8) is 0 Å². The lowest BCUT2D eigenvalue weighted by molar-refractivity contribution is -0.177. The van der Waals surface area contributed by atoms with Crippen LogP contribution in [0.3, 0.4) is 0 Å². The minimum Gasteiger partial charge on any atom is -0.452 e. The Balaban J connectivity index is 1.39. The Bertz CT molecular complexity index is 529. The number of nitrogens with one attached hydrogen (secondary N) is 1. The summed E-state index contributed by atoms with van der Waals surface area (Å²) in [7, 11) is 0. The third kappa shape index (κ3) is 2.95. The maximum absolute atomic E-state index is 12.9. The van der Waals surface area contributed by atoms with Crippen LogP contribution in [0.2, 0.25) is 0 Å². The fraction of sp³-hybridized carbons (Fsp3) is 0.895. The van der Waals surface area contributed by atoms with Crippen molar-refractivity contribution >= 4 is 23.5 Å². The second-order valence-electron chi connectivity index (χ2n) is 8.93. The van der Waals surface area contributed by atoms with Crippen molar-refractivity contribution < 1.29 is 14.3 Å². The predicted molar refractivity (Wildman–Crippen MR) is 91.7 cm³/mol.